The zero-order chi connectivity index (χ0) is 18.3. The molecule has 1 aliphatic carbocycles. The lowest BCUT2D eigenvalue weighted by molar-refractivity contribution is -0.133. The molecule has 0 aromatic carbocycles. The number of fused-ring (bicyclic) bond motifs is 2. The fourth-order valence-electron chi connectivity index (χ4n) is 4.24. The Kier molecular flexibility index (Phi) is 4.01. The number of carbonyl (C=O) groups is 1. The van der Waals surface area contributed by atoms with Crippen LogP contribution in [0.15, 0.2) is 34.1 Å². The SMILES string of the molecule is Cc1nc2c(c(=O)[nH]1)CCC21CCN(C(=O)Cn2ccc(=O)cc2)CC1. The zero-order valence-corrected chi connectivity index (χ0v) is 14.8. The first-order valence-corrected chi connectivity index (χ1v) is 9.01. The number of aryl methyl sites for hydroxylation is 1. The summed E-state index contributed by atoms with van der Waals surface area (Å²) < 4.78 is 1.73. The third-order valence-corrected chi connectivity index (χ3v) is 5.74. The fraction of sp³-hybridized carbons (Fsp3) is 0.474. The molecule has 2 aliphatic rings. The summed E-state index contributed by atoms with van der Waals surface area (Å²) in [6.45, 7) is 3.40. The van der Waals surface area contributed by atoms with Crippen molar-refractivity contribution in [3.05, 3.63) is 62.2 Å². The van der Waals surface area contributed by atoms with E-state index in [9.17, 15) is 14.4 Å². The lowest BCUT2D eigenvalue weighted by atomic mass is 9.76. The van der Waals surface area contributed by atoms with Gasteiger partial charge in [-0.2, -0.15) is 0 Å². The second-order valence-electron chi connectivity index (χ2n) is 7.35. The molecule has 1 saturated heterocycles. The molecular formula is C19H22N4O3. The average molecular weight is 354 g/mol. The van der Waals surface area contributed by atoms with Crippen LogP contribution < -0.4 is 11.0 Å². The summed E-state index contributed by atoms with van der Waals surface area (Å²) in [5.41, 5.74) is 1.63. The smallest absolute Gasteiger partial charge is 0.254 e. The molecule has 1 amide bonds. The van der Waals surface area contributed by atoms with Crippen molar-refractivity contribution in [3.8, 4) is 0 Å². The van der Waals surface area contributed by atoms with E-state index in [1.165, 1.54) is 12.1 Å². The molecule has 26 heavy (non-hydrogen) atoms. The molecule has 0 saturated carbocycles. The van der Waals surface area contributed by atoms with Gasteiger partial charge in [0.2, 0.25) is 5.91 Å². The van der Waals surface area contributed by atoms with Gasteiger partial charge < -0.3 is 14.5 Å². The van der Waals surface area contributed by atoms with Crippen LogP contribution in [0.2, 0.25) is 0 Å². The minimum atomic E-state index is -0.0670. The summed E-state index contributed by atoms with van der Waals surface area (Å²) in [5.74, 6) is 0.712. The van der Waals surface area contributed by atoms with Crippen molar-refractivity contribution >= 4 is 5.91 Å². The molecule has 136 valence electrons. The Morgan fingerprint density at radius 2 is 1.88 bits per heavy atom. The Bertz CT molecular complexity index is 947. The van der Waals surface area contributed by atoms with Crippen molar-refractivity contribution in [1.29, 1.82) is 0 Å². The van der Waals surface area contributed by atoms with Gasteiger partial charge in [-0.25, -0.2) is 4.98 Å². The number of carbonyl (C=O) groups excluding carboxylic acids is 1. The van der Waals surface area contributed by atoms with E-state index in [0.717, 1.165) is 36.9 Å². The number of aromatic amines is 1. The Morgan fingerprint density at radius 1 is 1.19 bits per heavy atom. The fourth-order valence-corrected chi connectivity index (χ4v) is 4.24. The molecule has 0 bridgehead atoms. The highest BCUT2D eigenvalue weighted by Gasteiger charge is 2.44. The van der Waals surface area contributed by atoms with Gasteiger partial charge in [0.05, 0.1) is 5.69 Å². The molecule has 2 aromatic heterocycles. The molecule has 1 fully saturated rings. The van der Waals surface area contributed by atoms with Crippen LogP contribution in [0.25, 0.3) is 0 Å². The zero-order valence-electron chi connectivity index (χ0n) is 14.8. The first kappa shape index (κ1) is 16.8. The van der Waals surface area contributed by atoms with Gasteiger partial charge in [-0.05, 0) is 32.6 Å². The minimum absolute atomic E-state index is 0.0129. The quantitative estimate of drug-likeness (QED) is 0.862. The summed E-state index contributed by atoms with van der Waals surface area (Å²) in [6.07, 6.45) is 6.65. The number of likely N-dealkylation sites (tertiary alicyclic amines) is 1. The molecule has 0 radical (unpaired) electrons. The normalized spacial score (nSPS) is 18.1. The van der Waals surface area contributed by atoms with Gasteiger partial charge in [0, 0.05) is 48.6 Å². The first-order valence-electron chi connectivity index (χ1n) is 9.01. The highest BCUT2D eigenvalue weighted by molar-refractivity contribution is 5.76. The van der Waals surface area contributed by atoms with Gasteiger partial charge >= 0.3 is 0 Å². The lowest BCUT2D eigenvalue weighted by Gasteiger charge is -2.39. The number of nitrogens with one attached hydrogen (secondary N) is 1. The van der Waals surface area contributed by atoms with E-state index in [1.54, 1.807) is 17.0 Å². The van der Waals surface area contributed by atoms with Crippen LogP contribution in [0.5, 0.6) is 0 Å². The molecule has 0 atom stereocenters. The third-order valence-electron chi connectivity index (χ3n) is 5.74. The molecular weight excluding hydrogens is 332 g/mol. The molecule has 4 rings (SSSR count). The second-order valence-corrected chi connectivity index (χ2v) is 7.35. The van der Waals surface area contributed by atoms with Crippen LogP contribution in [0.3, 0.4) is 0 Å². The van der Waals surface area contributed by atoms with E-state index < -0.39 is 0 Å². The van der Waals surface area contributed by atoms with Gasteiger partial charge in [0.25, 0.3) is 5.56 Å². The van der Waals surface area contributed by atoms with E-state index in [4.69, 9.17) is 0 Å². The Hall–Kier alpha value is -2.70. The van der Waals surface area contributed by atoms with Crippen molar-refractivity contribution in [2.24, 2.45) is 0 Å². The predicted molar refractivity (Wildman–Crippen MR) is 96.1 cm³/mol. The molecule has 3 heterocycles. The minimum Gasteiger partial charge on any atom is -0.345 e. The summed E-state index contributed by atoms with van der Waals surface area (Å²) in [6, 6.07) is 2.92. The maximum absolute atomic E-state index is 12.6. The number of hydrogen-bond acceptors (Lipinski definition) is 4. The van der Waals surface area contributed by atoms with Gasteiger partial charge in [-0.15, -0.1) is 0 Å². The standard InChI is InChI=1S/C19H22N4O3/c1-13-20-17-15(18(26)21-13)2-5-19(17)6-10-23(11-7-19)16(25)12-22-8-3-14(24)4-9-22/h3-4,8-9H,2,5-7,10-12H2,1H3,(H,20,21,26). The molecule has 1 spiro atoms. The Labute approximate surface area is 150 Å². The first-order chi connectivity index (χ1) is 12.5. The molecule has 1 N–H and O–H groups in total. The molecule has 7 nitrogen and oxygen atoms in total. The van der Waals surface area contributed by atoms with Crippen LogP contribution in [0.4, 0.5) is 0 Å². The number of pyridine rings is 1. The number of hydrogen-bond donors (Lipinski definition) is 1. The van der Waals surface area contributed by atoms with Gasteiger partial charge in [0.1, 0.15) is 12.4 Å². The number of nitrogens with zero attached hydrogens (tertiary/aromatic N) is 3. The summed E-state index contributed by atoms with van der Waals surface area (Å²) in [7, 11) is 0. The number of H-pyrrole nitrogens is 1. The predicted octanol–water partition coefficient (Wildman–Crippen LogP) is 0.747. The molecule has 0 unspecified atom stereocenters. The maximum Gasteiger partial charge on any atom is 0.254 e. The number of piperidine rings is 1. The van der Waals surface area contributed by atoms with Crippen LogP contribution >= 0.6 is 0 Å². The Morgan fingerprint density at radius 3 is 2.58 bits per heavy atom. The van der Waals surface area contributed by atoms with Gasteiger partial charge in [0.15, 0.2) is 5.43 Å². The van der Waals surface area contributed by atoms with Crippen molar-refractivity contribution < 1.29 is 4.79 Å². The van der Waals surface area contributed by atoms with Crippen LogP contribution in [-0.4, -0.2) is 38.4 Å². The summed E-state index contributed by atoms with van der Waals surface area (Å²) >= 11 is 0. The monoisotopic (exact) mass is 354 g/mol. The van der Waals surface area contributed by atoms with Crippen LogP contribution in [0.1, 0.15) is 36.3 Å². The topological polar surface area (TPSA) is 88.1 Å². The van der Waals surface area contributed by atoms with Crippen molar-refractivity contribution in [2.75, 3.05) is 13.1 Å². The van der Waals surface area contributed by atoms with Crippen molar-refractivity contribution in [3.63, 3.8) is 0 Å². The highest BCUT2D eigenvalue weighted by Crippen LogP contribution is 2.44. The van der Waals surface area contributed by atoms with Gasteiger partial charge in [-0.1, -0.05) is 0 Å². The van der Waals surface area contributed by atoms with E-state index in [0.29, 0.717) is 18.9 Å². The van der Waals surface area contributed by atoms with Crippen LogP contribution in [-0.2, 0) is 23.2 Å². The molecule has 7 heteroatoms. The van der Waals surface area contributed by atoms with Gasteiger partial charge in [-0.3, -0.25) is 14.4 Å². The number of aromatic nitrogens is 3. The van der Waals surface area contributed by atoms with Crippen LogP contribution in [0, 0.1) is 6.92 Å². The number of amides is 1. The van der Waals surface area contributed by atoms with Crippen molar-refractivity contribution in [1.82, 2.24) is 19.4 Å². The van der Waals surface area contributed by atoms with E-state index >= 15 is 0 Å². The van der Waals surface area contributed by atoms with Crippen molar-refractivity contribution in [2.45, 2.75) is 44.6 Å². The van der Waals surface area contributed by atoms with E-state index in [-0.39, 0.29) is 28.9 Å². The average Bonchev–Trinajstić information content (AvgIpc) is 2.96. The highest BCUT2D eigenvalue weighted by atomic mass is 16.2. The van der Waals surface area contributed by atoms with E-state index in [1.807, 2.05) is 11.8 Å². The summed E-state index contributed by atoms with van der Waals surface area (Å²) in [4.78, 5) is 45.2. The molecule has 1 aliphatic heterocycles. The molecule has 2 aromatic rings. The Balaban J connectivity index is 1.47. The lowest BCUT2D eigenvalue weighted by Crippen LogP contribution is -2.45. The second kappa shape index (κ2) is 6.23. The number of rotatable bonds is 2. The van der Waals surface area contributed by atoms with E-state index in [2.05, 4.69) is 9.97 Å². The third kappa shape index (κ3) is 2.87. The maximum atomic E-state index is 12.6. The largest absolute Gasteiger partial charge is 0.345 e. The summed E-state index contributed by atoms with van der Waals surface area (Å²) in [5, 5.41) is 0.